The molecule has 0 radical (unpaired) electrons. The molecule has 1 aliphatic rings. The third kappa shape index (κ3) is 12.1. The Bertz CT molecular complexity index is 701. The highest BCUT2D eigenvalue weighted by Crippen LogP contribution is 2.26. The lowest BCUT2D eigenvalue weighted by atomic mass is 10.1. The molecule has 9 nitrogen and oxygen atoms in total. The maximum Gasteiger partial charge on any atom is 0.407 e. The molecule has 0 bridgehead atoms. The van der Waals surface area contributed by atoms with Gasteiger partial charge in [-0.25, -0.2) is 4.79 Å². The average molecular weight is 481 g/mol. The van der Waals surface area contributed by atoms with Gasteiger partial charge in [0.05, 0.1) is 26.4 Å². The van der Waals surface area contributed by atoms with Crippen molar-refractivity contribution in [2.75, 3.05) is 59.3 Å². The van der Waals surface area contributed by atoms with Gasteiger partial charge < -0.3 is 33.9 Å². The molecule has 9 heteroatoms. The maximum atomic E-state index is 12.7. The van der Waals surface area contributed by atoms with Crippen LogP contribution in [0.4, 0.5) is 4.79 Å². The van der Waals surface area contributed by atoms with Gasteiger partial charge in [-0.15, -0.1) is 0 Å². The number of para-hydroxylation sites is 2. The third-order valence-corrected chi connectivity index (χ3v) is 4.92. The molecule has 0 spiro atoms. The zero-order valence-corrected chi connectivity index (χ0v) is 20.8. The Hall–Kier alpha value is -2.52. The first-order valence-corrected chi connectivity index (χ1v) is 12.1. The fraction of sp³-hybridized carbons (Fsp3) is 0.680. The Labute approximate surface area is 203 Å². The van der Waals surface area contributed by atoms with Crippen molar-refractivity contribution in [3.8, 4) is 11.5 Å². The lowest BCUT2D eigenvalue weighted by Gasteiger charge is -2.23. The van der Waals surface area contributed by atoms with Crippen LogP contribution in [0.15, 0.2) is 24.3 Å². The van der Waals surface area contributed by atoms with Crippen molar-refractivity contribution >= 4 is 12.0 Å². The summed E-state index contributed by atoms with van der Waals surface area (Å²) in [5.41, 5.74) is -0.505. The number of hydrogen-bond donors (Lipinski definition) is 1. The van der Waals surface area contributed by atoms with Crippen LogP contribution in [-0.2, 0) is 19.0 Å². The minimum atomic E-state index is -0.505. The lowest BCUT2D eigenvalue weighted by Crippen LogP contribution is -2.37. The van der Waals surface area contributed by atoms with Crippen LogP contribution in [0.25, 0.3) is 0 Å². The molecule has 0 aliphatic carbocycles. The van der Waals surface area contributed by atoms with E-state index in [1.54, 1.807) is 4.90 Å². The molecule has 0 atom stereocenters. The van der Waals surface area contributed by atoms with E-state index in [0.717, 1.165) is 19.3 Å². The number of ether oxygens (including phenoxy) is 5. The highest BCUT2D eigenvalue weighted by Gasteiger charge is 2.16. The summed E-state index contributed by atoms with van der Waals surface area (Å²) in [4.78, 5) is 26.2. The minimum Gasteiger partial charge on any atom is -0.487 e. The van der Waals surface area contributed by atoms with E-state index in [1.807, 2.05) is 45.0 Å². The van der Waals surface area contributed by atoms with Crippen LogP contribution in [0, 0.1) is 0 Å². The van der Waals surface area contributed by atoms with Crippen molar-refractivity contribution < 1.29 is 33.3 Å². The number of amides is 2. The van der Waals surface area contributed by atoms with Crippen LogP contribution in [0.1, 0.15) is 46.5 Å². The van der Waals surface area contributed by atoms with E-state index in [2.05, 4.69) is 5.32 Å². The molecule has 0 fully saturated rings. The van der Waals surface area contributed by atoms with Crippen molar-refractivity contribution in [2.45, 2.75) is 52.1 Å². The van der Waals surface area contributed by atoms with Crippen LogP contribution in [-0.4, -0.2) is 81.8 Å². The van der Waals surface area contributed by atoms with Gasteiger partial charge in [0.15, 0.2) is 11.5 Å². The van der Waals surface area contributed by atoms with E-state index in [0.29, 0.717) is 77.2 Å². The van der Waals surface area contributed by atoms with Crippen molar-refractivity contribution in [1.82, 2.24) is 10.2 Å². The lowest BCUT2D eigenvalue weighted by molar-refractivity contribution is -0.133. The molecule has 34 heavy (non-hydrogen) atoms. The highest BCUT2D eigenvalue weighted by atomic mass is 16.6. The number of alkyl carbamates (subject to hydrolysis) is 1. The summed E-state index contributed by atoms with van der Waals surface area (Å²) in [6.07, 6.45) is 2.43. The number of unbranched alkanes of at least 4 members (excludes halogenated alkanes) is 2. The molecule has 1 heterocycles. The van der Waals surface area contributed by atoms with Gasteiger partial charge in [-0.3, -0.25) is 4.79 Å². The predicted molar refractivity (Wildman–Crippen MR) is 128 cm³/mol. The molecule has 0 saturated heterocycles. The van der Waals surface area contributed by atoms with E-state index >= 15 is 0 Å². The molecule has 0 unspecified atom stereocenters. The molecule has 0 saturated carbocycles. The number of benzene rings is 1. The molecule has 1 N–H and O–H groups in total. The largest absolute Gasteiger partial charge is 0.487 e. The van der Waals surface area contributed by atoms with Gasteiger partial charge in [-0.2, -0.15) is 0 Å². The molecule has 2 rings (SSSR count). The Morgan fingerprint density at radius 3 is 2.03 bits per heavy atom. The predicted octanol–water partition coefficient (Wildman–Crippen LogP) is 3.40. The van der Waals surface area contributed by atoms with Gasteiger partial charge in [-0.1, -0.05) is 18.6 Å². The van der Waals surface area contributed by atoms with E-state index in [-0.39, 0.29) is 5.91 Å². The number of nitrogens with zero attached hydrogens (tertiary/aromatic N) is 1. The fourth-order valence-corrected chi connectivity index (χ4v) is 3.27. The SMILES string of the molecule is CC(C)(C)OC(=O)NCCCCCC(=O)N1CCOCCOc2ccccc2OCCOCC1. The van der Waals surface area contributed by atoms with Crippen LogP contribution in [0.3, 0.4) is 0 Å². The van der Waals surface area contributed by atoms with Gasteiger partial charge in [-0.05, 0) is 45.7 Å². The molecule has 1 aromatic rings. The standard InChI is InChI=1S/C25H40N2O7/c1-25(2,3)34-24(29)26-12-8-4-5-11-23(28)27-13-15-30-17-19-32-21-9-6-7-10-22(21)33-20-18-31-16-14-27/h6-7,9-10H,4-5,8,11-20H2,1-3H3,(H,26,29). The highest BCUT2D eigenvalue weighted by molar-refractivity contribution is 5.76. The van der Waals surface area contributed by atoms with E-state index in [9.17, 15) is 9.59 Å². The zero-order chi connectivity index (χ0) is 24.7. The van der Waals surface area contributed by atoms with Crippen LogP contribution in [0.2, 0.25) is 0 Å². The second-order valence-electron chi connectivity index (χ2n) is 8.99. The fourth-order valence-electron chi connectivity index (χ4n) is 3.27. The van der Waals surface area contributed by atoms with Gasteiger partial charge in [0.25, 0.3) is 0 Å². The summed E-state index contributed by atoms with van der Waals surface area (Å²) >= 11 is 0. The van der Waals surface area contributed by atoms with Crippen molar-refractivity contribution in [3.63, 3.8) is 0 Å². The second kappa shape index (κ2) is 15.4. The molecule has 2 amide bonds. The number of carbonyl (C=O) groups excluding carboxylic acids is 2. The van der Waals surface area contributed by atoms with Crippen molar-refractivity contribution in [3.05, 3.63) is 24.3 Å². The molecular weight excluding hydrogens is 440 g/mol. The number of carbonyl (C=O) groups is 2. The van der Waals surface area contributed by atoms with Crippen LogP contribution < -0.4 is 14.8 Å². The molecule has 0 aromatic heterocycles. The summed E-state index contributed by atoms with van der Waals surface area (Å²) in [6.45, 7) is 9.58. The number of hydrogen-bond acceptors (Lipinski definition) is 7. The molecule has 192 valence electrons. The Balaban J connectivity index is 1.68. The monoisotopic (exact) mass is 480 g/mol. The Morgan fingerprint density at radius 2 is 1.47 bits per heavy atom. The normalized spacial score (nSPS) is 16.1. The minimum absolute atomic E-state index is 0.0801. The zero-order valence-electron chi connectivity index (χ0n) is 20.8. The summed E-state index contributed by atoms with van der Waals surface area (Å²) in [7, 11) is 0. The first-order valence-electron chi connectivity index (χ1n) is 12.1. The topological polar surface area (TPSA) is 95.6 Å². The van der Waals surface area contributed by atoms with Gasteiger partial charge in [0, 0.05) is 26.1 Å². The van der Waals surface area contributed by atoms with Crippen LogP contribution in [0.5, 0.6) is 11.5 Å². The smallest absolute Gasteiger partial charge is 0.407 e. The Morgan fingerprint density at radius 1 is 0.882 bits per heavy atom. The Kier molecular flexibility index (Phi) is 12.6. The van der Waals surface area contributed by atoms with Crippen molar-refractivity contribution in [1.29, 1.82) is 0 Å². The molecule has 1 aliphatic heterocycles. The summed E-state index contributed by atoms with van der Waals surface area (Å²) < 4.78 is 28.1. The quantitative estimate of drug-likeness (QED) is 0.624. The average Bonchev–Trinajstić information content (AvgIpc) is 2.79. The van der Waals surface area contributed by atoms with Crippen molar-refractivity contribution in [2.24, 2.45) is 0 Å². The van der Waals surface area contributed by atoms with Gasteiger partial charge >= 0.3 is 6.09 Å². The van der Waals surface area contributed by atoms with Gasteiger partial charge in [0.2, 0.25) is 5.91 Å². The van der Waals surface area contributed by atoms with E-state index in [4.69, 9.17) is 23.7 Å². The first kappa shape index (κ1) is 27.7. The number of rotatable bonds is 6. The number of fused-ring (bicyclic) bond motifs is 1. The second-order valence-corrected chi connectivity index (χ2v) is 8.99. The third-order valence-electron chi connectivity index (χ3n) is 4.92. The van der Waals surface area contributed by atoms with E-state index < -0.39 is 11.7 Å². The van der Waals surface area contributed by atoms with Crippen LogP contribution >= 0.6 is 0 Å². The summed E-state index contributed by atoms with van der Waals surface area (Å²) in [5.74, 6) is 1.44. The first-order chi connectivity index (χ1) is 16.3. The molecule has 1 aromatic carbocycles. The molecular formula is C25H40N2O7. The summed E-state index contributed by atoms with van der Waals surface area (Å²) in [5, 5.41) is 2.74. The number of nitrogens with one attached hydrogen (secondary N) is 1. The summed E-state index contributed by atoms with van der Waals surface area (Å²) in [6, 6.07) is 7.52. The van der Waals surface area contributed by atoms with Gasteiger partial charge in [0.1, 0.15) is 18.8 Å². The van der Waals surface area contributed by atoms with E-state index in [1.165, 1.54) is 0 Å². The maximum absolute atomic E-state index is 12.7.